The van der Waals surface area contributed by atoms with Gasteiger partial charge in [-0.25, -0.2) is 8.78 Å². The van der Waals surface area contributed by atoms with Crippen molar-refractivity contribution in [2.45, 2.75) is 70.9 Å². The van der Waals surface area contributed by atoms with Gasteiger partial charge in [0.05, 0.1) is 0 Å². The lowest BCUT2D eigenvalue weighted by atomic mass is 9.85. The van der Waals surface area contributed by atoms with Crippen molar-refractivity contribution in [3.63, 3.8) is 0 Å². The van der Waals surface area contributed by atoms with Crippen molar-refractivity contribution in [1.29, 1.82) is 0 Å². The maximum absolute atomic E-state index is 13.5. The summed E-state index contributed by atoms with van der Waals surface area (Å²) in [4.78, 5) is 0. The van der Waals surface area contributed by atoms with Crippen LogP contribution in [0.25, 0.3) is 0 Å². The average Bonchev–Trinajstić information content (AvgIpc) is 2.71. The molecule has 0 aliphatic rings. The van der Waals surface area contributed by atoms with Crippen molar-refractivity contribution in [2.75, 3.05) is 0 Å². The maximum Gasteiger partial charge on any atom is 0.460 e. The molecule has 0 saturated heterocycles. The predicted octanol–water partition coefficient (Wildman–Crippen LogP) is 7.82. The van der Waals surface area contributed by atoms with Crippen molar-refractivity contribution in [3.8, 4) is 0 Å². The minimum Gasteiger partial charge on any atom is -0.204 e. The van der Waals surface area contributed by atoms with Gasteiger partial charge in [-0.2, -0.15) is 112 Å². The van der Waals surface area contributed by atoms with Gasteiger partial charge < -0.3 is 0 Å². The molecule has 0 heterocycles. The smallest absolute Gasteiger partial charge is 0.204 e. The first-order chi connectivity index (χ1) is 16.3. The van der Waals surface area contributed by atoms with E-state index in [0.717, 1.165) is 0 Å². The Morgan fingerprint density at radius 3 is 0.564 bits per heavy atom. The van der Waals surface area contributed by atoms with Crippen LogP contribution in [-0.4, -0.2) is 79.8 Å². The molecule has 0 aromatic heterocycles. The molecular formula is C12H2ClF25Si. The fourth-order valence-electron chi connectivity index (χ4n) is 2.07. The highest BCUT2D eigenvalue weighted by atomic mass is 35.6. The van der Waals surface area contributed by atoms with Gasteiger partial charge in [-0.1, -0.05) is 0 Å². The van der Waals surface area contributed by atoms with Gasteiger partial charge >= 0.3 is 70.9 Å². The monoisotopic (exact) mass is 684 g/mol. The number of hydrogen-bond acceptors (Lipinski definition) is 0. The summed E-state index contributed by atoms with van der Waals surface area (Å²) in [6, 6.07) is 0. The van der Waals surface area contributed by atoms with Crippen LogP contribution >= 0.6 is 11.1 Å². The summed E-state index contributed by atoms with van der Waals surface area (Å²) in [5.41, 5.74) is -6.74. The van der Waals surface area contributed by atoms with Crippen LogP contribution in [0.4, 0.5) is 110 Å². The Morgan fingerprint density at radius 1 is 0.256 bits per heavy atom. The Bertz CT molecular complexity index is 897. The number of rotatable bonds is 11. The molecule has 0 unspecified atom stereocenters. The Balaban J connectivity index is 7.31. The molecule has 0 radical (unpaired) electrons. The van der Waals surface area contributed by atoms with E-state index >= 15 is 0 Å². The average molecular weight is 685 g/mol. The van der Waals surface area contributed by atoms with Crippen molar-refractivity contribution in [3.05, 3.63) is 0 Å². The summed E-state index contributed by atoms with van der Waals surface area (Å²) < 4.78 is 327. The Hall–Kier alpha value is -1.24. The zero-order chi connectivity index (χ0) is 32.7. The standard InChI is InChI=1S/C12H2ClF25Si/c13-39-12(37,38)10(32,33)8(28,29)6(24,25)4(20,21)2(16,17)1(14,15)3(18,19)5(22,23)7(26,27)9(30,31)11(34,35)36/h39H2. The molecule has 0 aromatic carbocycles. The van der Waals surface area contributed by atoms with Gasteiger partial charge in [0.2, 0.25) is 8.83 Å². The highest BCUT2D eigenvalue weighted by Crippen LogP contribution is 2.67. The largest absolute Gasteiger partial charge is 0.460 e. The topological polar surface area (TPSA) is 0 Å². The summed E-state index contributed by atoms with van der Waals surface area (Å²) in [6.07, 6.45) is -8.16. The minimum atomic E-state index is -9.57. The second-order valence-corrected chi connectivity index (χ2v) is 9.04. The van der Waals surface area contributed by atoms with E-state index in [1.54, 1.807) is 0 Å². The third kappa shape index (κ3) is 4.37. The minimum absolute atomic E-state index is 4.11. The third-order valence-electron chi connectivity index (χ3n) is 4.53. The lowest BCUT2D eigenvalue weighted by molar-refractivity contribution is -0.480. The summed E-state index contributed by atoms with van der Waals surface area (Å²) in [7, 11) is -4.66. The van der Waals surface area contributed by atoms with Crippen molar-refractivity contribution in [2.24, 2.45) is 0 Å². The van der Waals surface area contributed by atoms with Gasteiger partial charge in [-0.3, -0.25) is 0 Å². The molecule has 0 atom stereocenters. The third-order valence-corrected chi connectivity index (χ3v) is 6.32. The highest BCUT2D eigenvalue weighted by molar-refractivity contribution is 6.95. The van der Waals surface area contributed by atoms with Gasteiger partial charge in [0.25, 0.3) is 0 Å². The van der Waals surface area contributed by atoms with E-state index in [-0.39, 0.29) is 0 Å². The predicted molar refractivity (Wildman–Crippen MR) is 74.9 cm³/mol. The van der Waals surface area contributed by atoms with Gasteiger partial charge in [0.1, 0.15) is 0 Å². The Labute approximate surface area is 201 Å². The number of hydrogen-bond donors (Lipinski definition) is 0. The van der Waals surface area contributed by atoms with E-state index in [9.17, 15) is 110 Å². The second-order valence-electron chi connectivity index (χ2n) is 7.08. The summed E-state index contributed by atoms with van der Waals surface area (Å²) in [5, 5.41) is 0. The van der Waals surface area contributed by atoms with E-state index in [4.69, 9.17) is 0 Å². The van der Waals surface area contributed by atoms with E-state index in [2.05, 4.69) is 11.1 Å². The van der Waals surface area contributed by atoms with E-state index in [0.29, 0.717) is 0 Å². The lowest BCUT2D eigenvalue weighted by Crippen LogP contribution is -2.78. The van der Waals surface area contributed by atoms with Crippen molar-refractivity contribution >= 4 is 19.9 Å². The molecule has 0 saturated carbocycles. The molecular weight excluding hydrogens is 683 g/mol. The second kappa shape index (κ2) is 9.13. The van der Waals surface area contributed by atoms with Crippen LogP contribution in [0, 0.1) is 0 Å². The van der Waals surface area contributed by atoms with Crippen LogP contribution in [0.5, 0.6) is 0 Å². The first-order valence-corrected chi connectivity index (χ1v) is 10.9. The van der Waals surface area contributed by atoms with Crippen LogP contribution in [0.3, 0.4) is 0 Å². The van der Waals surface area contributed by atoms with Crippen molar-refractivity contribution in [1.82, 2.24) is 0 Å². The van der Waals surface area contributed by atoms with Gasteiger partial charge in [-0.15, -0.1) is 0 Å². The normalized spacial score (nSPS) is 17.4. The first kappa shape index (κ1) is 37.8. The van der Waals surface area contributed by atoms with Gasteiger partial charge in [0.15, 0.2) is 0 Å². The molecule has 0 N–H and O–H groups in total. The Kier molecular flexibility index (Phi) is 8.84. The first-order valence-electron chi connectivity index (χ1n) is 8.10. The lowest BCUT2D eigenvalue weighted by Gasteiger charge is -2.45. The van der Waals surface area contributed by atoms with E-state index in [1.807, 2.05) is 0 Å². The quantitative estimate of drug-likeness (QED) is 0.118. The molecule has 0 amide bonds. The van der Waals surface area contributed by atoms with Crippen LogP contribution < -0.4 is 0 Å². The molecule has 0 aliphatic carbocycles. The van der Waals surface area contributed by atoms with Crippen molar-refractivity contribution < 1.29 is 110 Å². The number of halogens is 26. The zero-order valence-electron chi connectivity index (χ0n) is 16.5. The molecule has 0 fully saturated rings. The van der Waals surface area contributed by atoms with E-state index < -0.39 is 79.8 Å². The zero-order valence-corrected chi connectivity index (χ0v) is 18.7. The fourth-order valence-corrected chi connectivity index (χ4v) is 2.96. The van der Waals surface area contributed by atoms with Crippen LogP contribution in [0.2, 0.25) is 0 Å². The van der Waals surface area contributed by atoms with E-state index in [1.165, 1.54) is 0 Å². The summed E-state index contributed by atoms with van der Waals surface area (Å²) in [5.74, 6) is -91.2. The number of alkyl halides is 25. The maximum atomic E-state index is 13.5. The molecule has 0 rings (SSSR count). The van der Waals surface area contributed by atoms with Crippen LogP contribution in [-0.2, 0) is 0 Å². The molecule has 0 bridgehead atoms. The van der Waals surface area contributed by atoms with Crippen LogP contribution in [0.1, 0.15) is 0 Å². The Morgan fingerprint density at radius 2 is 0.410 bits per heavy atom. The molecule has 0 aliphatic heterocycles. The molecule has 0 spiro atoms. The van der Waals surface area contributed by atoms with Crippen LogP contribution in [0.15, 0.2) is 0 Å². The summed E-state index contributed by atoms with van der Waals surface area (Å²) in [6.45, 7) is 0. The molecule has 0 aromatic rings. The van der Waals surface area contributed by atoms with Gasteiger partial charge in [-0.05, 0) is 0 Å². The molecule has 27 heteroatoms. The SMILES string of the molecule is FC(F)(F)C(F)(F)C(F)(F)C(F)(F)C(F)(F)C(F)(F)C(F)(F)C(F)(F)C(F)(F)C(F)(F)C(F)(F)C(F)(F)[SiH2]Cl. The molecule has 39 heavy (non-hydrogen) atoms. The molecule has 236 valence electrons. The highest BCUT2D eigenvalue weighted by Gasteiger charge is 2.99. The fraction of sp³-hybridized carbons (Fsp3) is 1.00. The van der Waals surface area contributed by atoms with Gasteiger partial charge in [0, 0.05) is 0 Å². The summed E-state index contributed by atoms with van der Waals surface area (Å²) >= 11 is 4.11. The molecule has 0 nitrogen and oxygen atoms in total.